The predicted octanol–water partition coefficient (Wildman–Crippen LogP) is -1.10. The molecule has 1 aromatic rings. The minimum absolute atomic E-state index is 0.0729. The molecule has 2 atom stereocenters. The Morgan fingerprint density at radius 1 is 1.31 bits per heavy atom. The maximum Gasteiger partial charge on any atom is 0.352 e. The number of nitrogens with zero attached hydrogens (tertiary/aromatic N) is 2. The van der Waals surface area contributed by atoms with E-state index in [4.69, 9.17) is 14.6 Å². The number of fused-ring (bicyclic) bond motifs is 1. The number of aliphatic carboxylic acids is 1. The third-order valence-electron chi connectivity index (χ3n) is 4.69. The highest BCUT2D eigenvalue weighted by molar-refractivity contribution is 8.00. The molecule has 0 aliphatic carbocycles. The van der Waals surface area contributed by atoms with E-state index in [1.54, 1.807) is 0 Å². The lowest BCUT2D eigenvalue weighted by atomic mass is 9.97. The molecule has 0 radical (unpaired) electrons. The van der Waals surface area contributed by atoms with Crippen molar-refractivity contribution in [3.63, 3.8) is 0 Å². The lowest BCUT2D eigenvalue weighted by molar-refractivity contribution is -0.192. The van der Waals surface area contributed by atoms with Crippen LogP contribution in [-0.2, 0) is 35.1 Å². The van der Waals surface area contributed by atoms with Crippen LogP contribution in [0, 0.1) is 0 Å². The molecule has 0 bridgehead atoms. The molecule has 14 nitrogen and oxygen atoms in total. The highest BCUT2D eigenvalue weighted by atomic mass is 32.2. The molecule has 172 valence electrons. The number of ether oxygens (including phenoxy) is 2. The molecule has 2 aliphatic rings. The second kappa shape index (κ2) is 8.51. The summed E-state index contributed by atoms with van der Waals surface area (Å²) in [6.07, 6.45) is -0.690. The maximum absolute atomic E-state index is 12.9. The van der Waals surface area contributed by atoms with Gasteiger partial charge in [-0.05, 0) is 5.16 Å². The van der Waals surface area contributed by atoms with Crippen LogP contribution in [0.4, 0.5) is 0 Å². The van der Waals surface area contributed by atoms with Gasteiger partial charge < -0.3 is 34.6 Å². The van der Waals surface area contributed by atoms with Crippen molar-refractivity contribution in [1.82, 2.24) is 15.4 Å². The molecule has 0 saturated carbocycles. The highest BCUT2D eigenvalue weighted by Gasteiger charge is 2.66. The molecule has 1 saturated heterocycles. The number of carboxylic acid groups (broad SMARTS) is 2. The normalized spacial score (nSPS) is 22.1. The molecular formula is C17H17N3O11S. The van der Waals surface area contributed by atoms with E-state index in [2.05, 4.69) is 15.0 Å². The van der Waals surface area contributed by atoms with Crippen molar-refractivity contribution in [3.8, 4) is 5.88 Å². The number of hydrogen-bond donors (Lipinski definition) is 4. The molecule has 1 fully saturated rings. The van der Waals surface area contributed by atoms with Crippen LogP contribution in [0.5, 0.6) is 5.88 Å². The first-order valence-electron chi connectivity index (χ1n) is 8.84. The molecule has 1 aromatic heterocycles. The average Bonchev–Trinajstić information content (AvgIpc) is 3.09. The van der Waals surface area contributed by atoms with E-state index < -0.39 is 64.4 Å². The van der Waals surface area contributed by atoms with Crippen molar-refractivity contribution in [2.24, 2.45) is 0 Å². The number of carboxylic acids is 2. The zero-order valence-electron chi connectivity index (χ0n) is 16.6. The Labute approximate surface area is 183 Å². The number of amides is 2. The van der Waals surface area contributed by atoms with E-state index in [1.165, 1.54) is 0 Å². The van der Waals surface area contributed by atoms with E-state index in [0.717, 1.165) is 30.7 Å². The number of carbonyl (C=O) groups excluding carboxylic acids is 3. The van der Waals surface area contributed by atoms with E-state index in [-0.39, 0.29) is 23.6 Å². The van der Waals surface area contributed by atoms with Crippen molar-refractivity contribution in [2.75, 3.05) is 19.5 Å². The first-order chi connectivity index (χ1) is 15.0. The number of carbonyl (C=O) groups is 5. The molecule has 2 amide bonds. The number of aromatic hydroxyl groups is 1. The van der Waals surface area contributed by atoms with Crippen LogP contribution in [0.2, 0.25) is 0 Å². The zero-order chi connectivity index (χ0) is 23.8. The molecule has 2 aliphatic heterocycles. The van der Waals surface area contributed by atoms with Crippen LogP contribution in [0.15, 0.2) is 15.8 Å². The van der Waals surface area contributed by atoms with Gasteiger partial charge in [0.2, 0.25) is 5.91 Å². The van der Waals surface area contributed by atoms with Crippen molar-refractivity contribution in [3.05, 3.63) is 22.6 Å². The number of hydrogen-bond acceptors (Lipinski definition) is 11. The van der Waals surface area contributed by atoms with Crippen LogP contribution in [-0.4, -0.2) is 85.7 Å². The second-order valence-electron chi connectivity index (χ2n) is 6.65. The standard InChI is InChI=1S/C17H17N3O11S/c1-6(21)30-4-7-5-32-16-17(29-2,15(28)20(16)11(7)14(26)27)18-9(22)3-8-10(13(24)25)12(23)19-31-8/h16H,3-5H2,1-2H3,(H,18,22)(H,19,23)(H,24,25)(H,26,27)/t16-,17+/m1/s1. The predicted molar refractivity (Wildman–Crippen MR) is 101 cm³/mol. The summed E-state index contributed by atoms with van der Waals surface area (Å²) in [6.45, 7) is 0.837. The number of β-lactam (4-membered cyclic amide) rings is 1. The highest BCUT2D eigenvalue weighted by Crippen LogP contribution is 2.46. The molecule has 15 heteroatoms. The Morgan fingerprint density at radius 2 is 2.00 bits per heavy atom. The fourth-order valence-electron chi connectivity index (χ4n) is 3.29. The van der Waals surface area contributed by atoms with Gasteiger partial charge in [0, 0.05) is 25.4 Å². The Hall–Kier alpha value is -3.59. The van der Waals surface area contributed by atoms with Gasteiger partial charge in [-0.2, -0.15) is 0 Å². The Bertz CT molecular complexity index is 1050. The van der Waals surface area contributed by atoms with Gasteiger partial charge in [0.05, 0.1) is 6.42 Å². The van der Waals surface area contributed by atoms with Crippen LogP contribution >= 0.6 is 11.8 Å². The SMILES string of the molecule is CO[C@@]1(NC(=O)Cc2onc(O)c2C(=O)O)C(=O)N2C(C(=O)O)=C(COC(C)=O)CS[C@@H]21. The monoisotopic (exact) mass is 471 g/mol. The summed E-state index contributed by atoms with van der Waals surface area (Å²) in [5.74, 6) is -6.69. The minimum atomic E-state index is -1.93. The first-order valence-corrected chi connectivity index (χ1v) is 9.89. The van der Waals surface area contributed by atoms with E-state index in [9.17, 15) is 34.2 Å². The van der Waals surface area contributed by atoms with Gasteiger partial charge >= 0.3 is 17.9 Å². The summed E-state index contributed by atoms with van der Waals surface area (Å²) >= 11 is 1.07. The van der Waals surface area contributed by atoms with Crippen molar-refractivity contribution in [2.45, 2.75) is 24.4 Å². The first kappa shape index (κ1) is 23.1. The van der Waals surface area contributed by atoms with E-state index in [0.29, 0.717) is 0 Å². The lowest BCUT2D eigenvalue weighted by Gasteiger charge is -2.55. The fraction of sp³-hybridized carbons (Fsp3) is 0.412. The van der Waals surface area contributed by atoms with Gasteiger partial charge in [-0.25, -0.2) is 9.59 Å². The lowest BCUT2D eigenvalue weighted by Crippen LogP contribution is -2.80. The fourth-order valence-corrected chi connectivity index (χ4v) is 4.71. The summed E-state index contributed by atoms with van der Waals surface area (Å²) in [5.41, 5.74) is -2.82. The number of aromatic carboxylic acids is 1. The molecule has 0 unspecified atom stereocenters. The quantitative estimate of drug-likeness (QED) is 0.202. The van der Waals surface area contributed by atoms with Crippen LogP contribution < -0.4 is 5.32 Å². The number of thioether (sulfide) groups is 1. The molecule has 3 heterocycles. The Balaban J connectivity index is 1.82. The molecule has 32 heavy (non-hydrogen) atoms. The average molecular weight is 471 g/mol. The molecule has 0 aromatic carbocycles. The smallest absolute Gasteiger partial charge is 0.352 e. The third kappa shape index (κ3) is 3.75. The van der Waals surface area contributed by atoms with Crippen LogP contribution in [0.25, 0.3) is 0 Å². The molecule has 0 spiro atoms. The largest absolute Gasteiger partial charge is 0.490 e. The number of methoxy groups -OCH3 is 1. The number of esters is 1. The summed E-state index contributed by atoms with van der Waals surface area (Å²) in [6, 6.07) is 0. The van der Waals surface area contributed by atoms with Crippen molar-refractivity contribution >= 4 is 41.5 Å². The second-order valence-corrected chi connectivity index (χ2v) is 7.72. The molecule has 3 rings (SSSR count). The summed E-state index contributed by atoms with van der Waals surface area (Å²) in [4.78, 5) is 60.4. The van der Waals surface area contributed by atoms with Crippen molar-refractivity contribution < 1.29 is 53.3 Å². The third-order valence-corrected chi connectivity index (χ3v) is 6.06. The van der Waals surface area contributed by atoms with Gasteiger partial charge in [-0.3, -0.25) is 19.3 Å². The Morgan fingerprint density at radius 3 is 2.56 bits per heavy atom. The summed E-state index contributed by atoms with van der Waals surface area (Å²) < 4.78 is 14.8. The van der Waals surface area contributed by atoms with Gasteiger partial charge in [0.1, 0.15) is 17.7 Å². The van der Waals surface area contributed by atoms with Gasteiger partial charge in [0.15, 0.2) is 11.3 Å². The zero-order valence-corrected chi connectivity index (χ0v) is 17.4. The van der Waals surface area contributed by atoms with E-state index in [1.807, 2.05) is 0 Å². The molecule has 4 N–H and O–H groups in total. The Kier molecular flexibility index (Phi) is 6.13. The summed E-state index contributed by atoms with van der Waals surface area (Å²) in [7, 11) is 1.14. The van der Waals surface area contributed by atoms with Crippen molar-refractivity contribution in [1.29, 1.82) is 0 Å². The van der Waals surface area contributed by atoms with Gasteiger partial charge in [0.25, 0.3) is 17.5 Å². The molecular weight excluding hydrogens is 454 g/mol. The summed E-state index contributed by atoms with van der Waals surface area (Å²) in [5, 5.41) is 32.6. The number of aromatic nitrogens is 1. The van der Waals surface area contributed by atoms with E-state index >= 15 is 0 Å². The van der Waals surface area contributed by atoms with Gasteiger partial charge in [-0.15, -0.1) is 11.8 Å². The van der Waals surface area contributed by atoms with Crippen LogP contribution in [0.3, 0.4) is 0 Å². The van der Waals surface area contributed by atoms with Crippen LogP contribution in [0.1, 0.15) is 23.0 Å². The van der Waals surface area contributed by atoms with Gasteiger partial charge in [-0.1, -0.05) is 0 Å². The number of nitrogens with one attached hydrogen (secondary N) is 1. The minimum Gasteiger partial charge on any atom is -0.490 e. The topological polar surface area (TPSA) is 206 Å². The number of rotatable bonds is 8. The maximum atomic E-state index is 12.9.